The summed E-state index contributed by atoms with van der Waals surface area (Å²) in [5.41, 5.74) is 5.69. The number of aromatic nitrogens is 3. The fraction of sp³-hybridized carbons (Fsp3) is 0.311. The van der Waals surface area contributed by atoms with Crippen molar-refractivity contribution in [2.75, 3.05) is 63.2 Å². The standard InChI is InChI=1S/C45H50ClIN8O5S/c1-28-9-11-32(60-45-50-37-24-35(36(46)25-38(37)51-45)30-10-13-39-31(22-30)16-19-53(39)6)23-34(28)43(58)49-26-29(2)47(3)44(59)48-17-15-33-12-14-42(61-33)55-21-20-54(27-41(55)57)40(56)8-7-18-52(4)5/h7-14,16,19,22-25,29H,15,17-18,20-21,26-27H2,1-6H3,(H,48,59)(H,49,58)(H,50,51)/b8-7+. The van der Waals surface area contributed by atoms with Crippen LogP contribution in [0.2, 0.25) is 5.02 Å². The number of fused-ring (bicyclic) bond motifs is 2. The fourth-order valence-corrected chi connectivity index (χ4v) is 11.0. The van der Waals surface area contributed by atoms with Crippen LogP contribution in [0.15, 0.2) is 85.1 Å². The van der Waals surface area contributed by atoms with Gasteiger partial charge in [-0.3, -0.25) is 4.79 Å². The monoisotopic (exact) mass is 976 g/mol. The number of nitrogens with one attached hydrogen (secondary N) is 3. The Hall–Kier alpha value is -5.23. The van der Waals surface area contributed by atoms with Crippen LogP contribution < -0.4 is 20.3 Å². The Kier molecular flexibility index (Phi) is 13.8. The summed E-state index contributed by atoms with van der Waals surface area (Å²) < 4.78 is 8.26. The van der Waals surface area contributed by atoms with E-state index in [1.54, 1.807) is 28.0 Å². The van der Waals surface area contributed by atoms with Crippen molar-refractivity contribution < 1.29 is 23.9 Å². The summed E-state index contributed by atoms with van der Waals surface area (Å²) in [4.78, 5) is 68.3. The van der Waals surface area contributed by atoms with Gasteiger partial charge in [-0.05, 0) is 37.9 Å². The third-order valence-electron chi connectivity index (χ3n) is 10.6. The molecule has 1 fully saturated rings. The van der Waals surface area contributed by atoms with Gasteiger partial charge in [-0.15, -0.1) is 0 Å². The minimum absolute atomic E-state index is 0.0168. The third kappa shape index (κ3) is 10.5. The van der Waals surface area contributed by atoms with Crippen LogP contribution in [0, 0.1) is 6.92 Å². The van der Waals surface area contributed by atoms with E-state index in [1.165, 1.54) is 17.4 Å². The molecule has 320 valence electrons. The maximum absolute atomic E-state index is 13.4. The predicted molar refractivity (Wildman–Crippen MR) is 254 cm³/mol. The minimum atomic E-state index is -2.15. The van der Waals surface area contributed by atoms with Crippen molar-refractivity contribution in [3.05, 3.63) is 106 Å². The number of ether oxygens (including phenoxy) is 1. The van der Waals surface area contributed by atoms with Gasteiger partial charge >= 0.3 is 250 Å². The van der Waals surface area contributed by atoms with Crippen molar-refractivity contribution >= 4 is 91.3 Å². The third-order valence-corrected chi connectivity index (χ3v) is 17.6. The van der Waals surface area contributed by atoms with Crippen molar-refractivity contribution in [1.29, 1.82) is 0 Å². The molecule has 0 spiro atoms. The number of benzene rings is 3. The average Bonchev–Trinajstić information content (AvgIpc) is 3.97. The number of hydrogen-bond donors (Lipinski definition) is 3. The van der Waals surface area contributed by atoms with Gasteiger partial charge in [0, 0.05) is 42.3 Å². The van der Waals surface area contributed by atoms with Gasteiger partial charge in [0.15, 0.2) is 0 Å². The molecule has 1 atom stereocenters. The molecule has 0 aliphatic carbocycles. The number of aromatic amines is 1. The summed E-state index contributed by atoms with van der Waals surface area (Å²) in [6, 6.07) is 21.6. The number of amides is 4. The predicted octanol–water partition coefficient (Wildman–Crippen LogP) is 8.04. The van der Waals surface area contributed by atoms with Crippen molar-refractivity contribution in [2.45, 2.75) is 24.2 Å². The Morgan fingerprint density at radius 2 is 1.89 bits per heavy atom. The SMILES string of the molecule is Cc1ccc(Oc2nc3cc(-c4ccc5c(ccn5C)c4)c(Cl)cc3[nH]2)cc1C(=O)NCC(C)I(C)C(=O)NCCc1ccc(N2CCN(C(=O)/C=C/CN(C)C)CC2=O)s1. The number of halogens is 2. The van der Waals surface area contributed by atoms with Crippen LogP contribution in [-0.2, 0) is 23.1 Å². The zero-order valence-corrected chi connectivity index (χ0v) is 38.8. The summed E-state index contributed by atoms with van der Waals surface area (Å²) in [7, 11) is 5.87. The van der Waals surface area contributed by atoms with Crippen molar-refractivity contribution in [1.82, 2.24) is 35.0 Å². The number of anilines is 1. The topological polar surface area (TPSA) is 145 Å². The number of likely N-dealkylation sites (N-methyl/N-ethyl adjacent to an activating group) is 1. The van der Waals surface area contributed by atoms with Crippen molar-refractivity contribution in [3.63, 3.8) is 0 Å². The quantitative estimate of drug-likeness (QED) is 0.0311. The number of hydrogen-bond acceptors (Lipinski definition) is 8. The molecule has 3 N–H and O–H groups in total. The van der Waals surface area contributed by atoms with Gasteiger partial charge in [-0.25, -0.2) is 0 Å². The van der Waals surface area contributed by atoms with E-state index in [9.17, 15) is 19.2 Å². The van der Waals surface area contributed by atoms with Crippen molar-refractivity contribution in [3.8, 4) is 22.9 Å². The molecule has 0 saturated carbocycles. The number of carbonyl (C=O) groups is 4. The number of alkyl halides is 2. The van der Waals surface area contributed by atoms with Gasteiger partial charge in [0.1, 0.15) is 0 Å². The van der Waals surface area contributed by atoms with Gasteiger partial charge in [0.2, 0.25) is 0 Å². The van der Waals surface area contributed by atoms with Crippen molar-refractivity contribution in [2.24, 2.45) is 7.05 Å². The molecule has 0 radical (unpaired) electrons. The summed E-state index contributed by atoms with van der Waals surface area (Å²) in [5.74, 6) is -0.0539. The number of rotatable bonds is 15. The van der Waals surface area contributed by atoms with E-state index in [2.05, 4.69) is 49.4 Å². The second-order valence-corrected chi connectivity index (χ2v) is 22.9. The van der Waals surface area contributed by atoms with Crippen LogP contribution >= 0.6 is 42.8 Å². The average molecular weight is 977 g/mol. The van der Waals surface area contributed by atoms with Crippen LogP contribution in [0.25, 0.3) is 33.1 Å². The number of aryl methyl sites for hydroxylation is 2. The van der Waals surface area contributed by atoms with E-state index < -0.39 is 19.8 Å². The van der Waals surface area contributed by atoms with Gasteiger partial charge in [-0.1, -0.05) is 23.7 Å². The first kappa shape index (κ1) is 43.8. The van der Waals surface area contributed by atoms with Gasteiger partial charge in [0.05, 0.1) is 5.02 Å². The molecule has 3 aromatic carbocycles. The molecule has 1 saturated heterocycles. The van der Waals surface area contributed by atoms with E-state index in [4.69, 9.17) is 16.3 Å². The molecule has 1 aliphatic rings. The van der Waals surface area contributed by atoms with E-state index >= 15 is 0 Å². The molecule has 16 heteroatoms. The van der Waals surface area contributed by atoms with Crippen LogP contribution in [0.1, 0.15) is 27.7 Å². The Balaban J connectivity index is 0.876. The van der Waals surface area contributed by atoms with E-state index in [-0.39, 0.29) is 38.1 Å². The number of carbonyl (C=O) groups excluding carboxylic acids is 4. The Labute approximate surface area is 371 Å². The fourth-order valence-electron chi connectivity index (χ4n) is 6.96. The molecule has 1 unspecified atom stereocenters. The van der Waals surface area contributed by atoms with E-state index in [0.717, 1.165) is 43.0 Å². The van der Waals surface area contributed by atoms with Crippen LogP contribution in [0.5, 0.6) is 11.8 Å². The second kappa shape index (κ2) is 19.2. The van der Waals surface area contributed by atoms with Gasteiger partial charge in [-0.2, -0.15) is 0 Å². The van der Waals surface area contributed by atoms with E-state index in [0.29, 0.717) is 61.0 Å². The van der Waals surface area contributed by atoms with Crippen LogP contribution in [0.3, 0.4) is 0 Å². The normalized spacial score (nSPS) is 14.0. The maximum atomic E-state index is 13.4. The molecular weight excluding hydrogens is 927 g/mol. The number of H-pyrrole nitrogens is 1. The Morgan fingerprint density at radius 1 is 1.07 bits per heavy atom. The number of piperazine rings is 1. The molecule has 4 heterocycles. The molecule has 0 bridgehead atoms. The molecule has 6 aromatic rings. The van der Waals surface area contributed by atoms with Crippen LogP contribution in [-0.4, -0.2) is 108 Å². The number of imidazole rings is 1. The molecule has 4 amide bonds. The summed E-state index contributed by atoms with van der Waals surface area (Å²) >= 11 is 6.12. The summed E-state index contributed by atoms with van der Waals surface area (Å²) in [6.45, 7) is 6.34. The molecule has 61 heavy (non-hydrogen) atoms. The number of thiophene rings is 1. The second-order valence-electron chi connectivity index (χ2n) is 15.3. The summed E-state index contributed by atoms with van der Waals surface area (Å²) in [5, 5.41) is 8.69. The van der Waals surface area contributed by atoms with E-state index in [1.807, 2.05) is 81.3 Å². The molecule has 3 aromatic heterocycles. The first-order valence-corrected chi connectivity index (χ1v) is 25.6. The van der Waals surface area contributed by atoms with Gasteiger partial charge < -0.3 is 9.47 Å². The van der Waals surface area contributed by atoms with Gasteiger partial charge in [0.25, 0.3) is 0 Å². The Morgan fingerprint density at radius 3 is 2.67 bits per heavy atom. The zero-order chi connectivity index (χ0) is 43.4. The molecule has 13 nitrogen and oxygen atoms in total. The number of nitrogens with zero attached hydrogens (tertiary/aromatic N) is 5. The zero-order valence-electron chi connectivity index (χ0n) is 35.1. The summed E-state index contributed by atoms with van der Waals surface area (Å²) in [6.07, 6.45) is 6.00. The Bertz CT molecular complexity index is 2640. The first-order valence-electron chi connectivity index (χ1n) is 19.9. The molecular formula is C45H50ClIN8O5S. The molecule has 1 aliphatic heterocycles. The molecule has 7 rings (SSSR count). The van der Waals surface area contributed by atoms with Crippen LogP contribution in [0.4, 0.5) is 9.80 Å². The first-order chi connectivity index (χ1) is 29.2.